The van der Waals surface area contributed by atoms with Crippen LogP contribution >= 0.6 is 0 Å². The first-order chi connectivity index (χ1) is 12.1. The highest BCUT2D eigenvalue weighted by Gasteiger charge is 2.46. The molecule has 0 spiro atoms. The van der Waals surface area contributed by atoms with Crippen molar-refractivity contribution in [3.8, 4) is 0 Å². The van der Waals surface area contributed by atoms with E-state index in [4.69, 9.17) is 10.1 Å². The molecule has 0 saturated heterocycles. The molecule has 26 heavy (non-hydrogen) atoms. The van der Waals surface area contributed by atoms with Crippen LogP contribution in [-0.4, -0.2) is 21.0 Å². The fourth-order valence-electron chi connectivity index (χ4n) is 3.96. The van der Waals surface area contributed by atoms with Gasteiger partial charge in [-0.3, -0.25) is 9.67 Å². The summed E-state index contributed by atoms with van der Waals surface area (Å²) >= 11 is 0. The molecule has 1 aromatic heterocycles. The summed E-state index contributed by atoms with van der Waals surface area (Å²) in [6.07, 6.45) is 0. The Kier molecular flexibility index (Phi) is 3.43. The summed E-state index contributed by atoms with van der Waals surface area (Å²) in [4.78, 5) is 5.12. The van der Waals surface area contributed by atoms with Gasteiger partial charge in [0.2, 0.25) is 0 Å². The first kappa shape index (κ1) is 17.0. The molecule has 0 atom stereocenters. The van der Waals surface area contributed by atoms with Crippen molar-refractivity contribution in [3.05, 3.63) is 64.6 Å². The van der Waals surface area contributed by atoms with E-state index in [-0.39, 0.29) is 5.82 Å². The minimum Gasteiger partial charge on any atom is -0.275 e. The van der Waals surface area contributed by atoms with Gasteiger partial charge in [-0.05, 0) is 32.4 Å². The molecule has 0 radical (unpaired) electrons. The van der Waals surface area contributed by atoms with Crippen LogP contribution < -0.4 is 0 Å². The largest absolute Gasteiger partial charge is 0.275 e. The topological polar surface area (TPSA) is 30.2 Å². The molecule has 1 aliphatic rings. The number of aromatic nitrogens is 2. The van der Waals surface area contributed by atoms with Gasteiger partial charge in [0.25, 0.3) is 0 Å². The van der Waals surface area contributed by atoms with Crippen molar-refractivity contribution in [2.24, 2.45) is 12.0 Å². The van der Waals surface area contributed by atoms with E-state index in [0.29, 0.717) is 0 Å². The fourth-order valence-corrected chi connectivity index (χ4v) is 3.96. The highest BCUT2D eigenvalue weighted by Crippen LogP contribution is 2.45. The van der Waals surface area contributed by atoms with Crippen LogP contribution in [0.15, 0.2) is 41.4 Å². The molecular formula is C22H24FN3. The van der Waals surface area contributed by atoms with Crippen LogP contribution in [0.1, 0.15) is 50.1 Å². The Bertz CT molecular complexity index is 1070. The normalized spacial score (nSPS) is 17.9. The van der Waals surface area contributed by atoms with Gasteiger partial charge in [0.05, 0.1) is 22.5 Å². The van der Waals surface area contributed by atoms with Gasteiger partial charge >= 0.3 is 0 Å². The van der Waals surface area contributed by atoms with Crippen LogP contribution in [0.5, 0.6) is 0 Å². The maximum Gasteiger partial charge on any atom is 0.127 e. The number of aryl methyl sites for hydroxylation is 2. The summed E-state index contributed by atoms with van der Waals surface area (Å²) in [6.45, 7) is 10.3. The van der Waals surface area contributed by atoms with Crippen molar-refractivity contribution in [3.63, 3.8) is 0 Å². The SMILES string of the molecule is Cc1cccc2c(C3=NC(C)(C)C(C)(C)c4c(F)cccc43)n(C)nc12. The smallest absolute Gasteiger partial charge is 0.127 e. The van der Waals surface area contributed by atoms with E-state index in [0.717, 1.165) is 39.0 Å². The number of benzene rings is 2. The molecule has 0 amide bonds. The fraction of sp³-hybridized carbons (Fsp3) is 0.364. The molecule has 3 nitrogen and oxygen atoms in total. The Morgan fingerprint density at radius 1 is 1.00 bits per heavy atom. The van der Waals surface area contributed by atoms with E-state index in [1.807, 2.05) is 23.9 Å². The van der Waals surface area contributed by atoms with E-state index >= 15 is 0 Å². The number of rotatable bonds is 1. The maximum absolute atomic E-state index is 14.9. The Hall–Kier alpha value is -2.49. The second-order valence-electron chi connectivity index (χ2n) is 8.25. The third-order valence-electron chi connectivity index (χ3n) is 6.11. The highest BCUT2D eigenvalue weighted by molar-refractivity contribution is 6.20. The second-order valence-corrected chi connectivity index (χ2v) is 8.25. The molecule has 3 aromatic rings. The monoisotopic (exact) mass is 349 g/mol. The lowest BCUT2D eigenvalue weighted by atomic mass is 9.65. The third-order valence-corrected chi connectivity index (χ3v) is 6.11. The van der Waals surface area contributed by atoms with Crippen molar-refractivity contribution in [2.75, 3.05) is 0 Å². The predicted octanol–water partition coefficient (Wildman–Crippen LogP) is 4.93. The number of hydrogen-bond acceptors (Lipinski definition) is 2. The maximum atomic E-state index is 14.9. The Morgan fingerprint density at radius 3 is 2.42 bits per heavy atom. The van der Waals surface area contributed by atoms with Gasteiger partial charge < -0.3 is 0 Å². The van der Waals surface area contributed by atoms with Crippen LogP contribution in [0, 0.1) is 12.7 Å². The van der Waals surface area contributed by atoms with Gasteiger partial charge in [0, 0.05) is 29.0 Å². The molecule has 0 saturated carbocycles. The van der Waals surface area contributed by atoms with Crippen LogP contribution in [0.2, 0.25) is 0 Å². The van der Waals surface area contributed by atoms with Crippen LogP contribution in [-0.2, 0) is 12.5 Å². The van der Waals surface area contributed by atoms with Crippen LogP contribution in [0.25, 0.3) is 10.9 Å². The predicted molar refractivity (Wildman–Crippen MR) is 105 cm³/mol. The van der Waals surface area contributed by atoms with Crippen LogP contribution in [0.4, 0.5) is 4.39 Å². The summed E-state index contributed by atoms with van der Waals surface area (Å²) in [5.41, 5.74) is 4.59. The second kappa shape index (κ2) is 5.26. The average molecular weight is 349 g/mol. The van der Waals surface area contributed by atoms with Gasteiger partial charge in [-0.25, -0.2) is 4.39 Å². The molecular weight excluding hydrogens is 325 g/mol. The standard InChI is InChI=1S/C22H24FN3/c1-13-9-7-11-15-18(13)25-26(6)20(15)19-14-10-8-12-16(23)17(14)21(2,3)22(4,5)24-19/h7-12H,1-6H3. The molecule has 0 N–H and O–H groups in total. The van der Waals surface area contributed by atoms with Crippen LogP contribution in [0.3, 0.4) is 0 Å². The lowest BCUT2D eigenvalue weighted by Gasteiger charge is -2.44. The quantitative estimate of drug-likeness (QED) is 0.613. The average Bonchev–Trinajstić information content (AvgIpc) is 2.88. The number of hydrogen-bond donors (Lipinski definition) is 0. The van der Waals surface area contributed by atoms with Gasteiger partial charge in [0.1, 0.15) is 5.82 Å². The molecule has 134 valence electrons. The molecule has 2 heterocycles. The lowest BCUT2D eigenvalue weighted by molar-refractivity contribution is 0.293. The number of nitrogens with zero attached hydrogens (tertiary/aromatic N) is 3. The van der Waals surface area contributed by atoms with Crippen molar-refractivity contribution < 1.29 is 4.39 Å². The highest BCUT2D eigenvalue weighted by atomic mass is 19.1. The molecule has 4 heteroatoms. The molecule has 0 fully saturated rings. The zero-order valence-electron chi connectivity index (χ0n) is 16.2. The Balaban J connectivity index is 2.11. The van der Waals surface area contributed by atoms with E-state index in [2.05, 4.69) is 46.8 Å². The van der Waals surface area contributed by atoms with Crippen molar-refractivity contribution in [1.82, 2.24) is 9.78 Å². The Morgan fingerprint density at radius 2 is 1.69 bits per heavy atom. The zero-order valence-corrected chi connectivity index (χ0v) is 16.2. The molecule has 1 aliphatic heterocycles. The minimum absolute atomic E-state index is 0.171. The molecule has 0 bridgehead atoms. The summed E-state index contributed by atoms with van der Waals surface area (Å²) in [6, 6.07) is 11.4. The number of aliphatic imine (C=N–C) groups is 1. The van der Waals surface area contributed by atoms with Crippen molar-refractivity contribution in [2.45, 2.75) is 45.6 Å². The van der Waals surface area contributed by atoms with Crippen molar-refractivity contribution >= 4 is 16.6 Å². The van der Waals surface area contributed by atoms with Gasteiger partial charge in [0.15, 0.2) is 0 Å². The summed E-state index contributed by atoms with van der Waals surface area (Å²) in [7, 11) is 1.93. The summed E-state index contributed by atoms with van der Waals surface area (Å²) < 4.78 is 16.8. The Labute approximate surface area is 153 Å². The summed E-state index contributed by atoms with van der Waals surface area (Å²) in [5, 5.41) is 5.76. The lowest BCUT2D eigenvalue weighted by Crippen LogP contribution is -2.47. The summed E-state index contributed by atoms with van der Waals surface area (Å²) in [5.74, 6) is -0.171. The number of fused-ring (bicyclic) bond motifs is 2. The first-order valence-corrected chi connectivity index (χ1v) is 8.97. The van der Waals surface area contributed by atoms with Gasteiger partial charge in [-0.15, -0.1) is 0 Å². The number of halogens is 1. The molecule has 0 unspecified atom stereocenters. The van der Waals surface area contributed by atoms with E-state index in [1.165, 1.54) is 0 Å². The van der Waals surface area contributed by atoms with E-state index in [9.17, 15) is 4.39 Å². The minimum atomic E-state index is -0.446. The van der Waals surface area contributed by atoms with Gasteiger partial charge in [-0.1, -0.05) is 44.2 Å². The molecule has 2 aromatic carbocycles. The van der Waals surface area contributed by atoms with E-state index in [1.54, 1.807) is 12.1 Å². The van der Waals surface area contributed by atoms with Crippen molar-refractivity contribution in [1.29, 1.82) is 0 Å². The first-order valence-electron chi connectivity index (χ1n) is 8.97. The zero-order chi connectivity index (χ0) is 18.9. The molecule has 4 rings (SSSR count). The third kappa shape index (κ3) is 2.11. The van der Waals surface area contributed by atoms with E-state index < -0.39 is 11.0 Å². The molecule has 0 aliphatic carbocycles. The van der Waals surface area contributed by atoms with Gasteiger partial charge in [-0.2, -0.15) is 5.10 Å².